The SMILES string of the molecule is Cc1nc2c(-c3ccc(Cl)cc3)cc(Br)cn2c(=O)c1C. The predicted molar refractivity (Wildman–Crippen MR) is 89.1 cm³/mol. The van der Waals surface area contributed by atoms with Crippen LogP contribution in [0.4, 0.5) is 0 Å². The number of fused-ring (bicyclic) bond motifs is 1. The van der Waals surface area contributed by atoms with Gasteiger partial charge in [0.25, 0.3) is 5.56 Å². The fourth-order valence-electron chi connectivity index (χ4n) is 2.24. The monoisotopic (exact) mass is 362 g/mol. The highest BCUT2D eigenvalue weighted by atomic mass is 79.9. The third-order valence-electron chi connectivity index (χ3n) is 3.51. The lowest BCUT2D eigenvalue weighted by molar-refractivity contribution is 0.981. The molecule has 0 saturated carbocycles. The number of benzene rings is 1. The molecule has 0 saturated heterocycles. The van der Waals surface area contributed by atoms with Crippen molar-refractivity contribution in [2.75, 3.05) is 0 Å². The van der Waals surface area contributed by atoms with E-state index in [2.05, 4.69) is 20.9 Å². The van der Waals surface area contributed by atoms with Gasteiger partial charge in [0.05, 0.1) is 0 Å². The normalized spacial score (nSPS) is 11.0. The molecule has 0 radical (unpaired) electrons. The minimum absolute atomic E-state index is 0.0472. The van der Waals surface area contributed by atoms with Crippen LogP contribution >= 0.6 is 27.5 Å². The molecule has 21 heavy (non-hydrogen) atoms. The van der Waals surface area contributed by atoms with Crippen LogP contribution in [0.3, 0.4) is 0 Å². The van der Waals surface area contributed by atoms with Gasteiger partial charge in [-0.25, -0.2) is 4.98 Å². The second-order valence-electron chi connectivity index (χ2n) is 4.90. The second kappa shape index (κ2) is 5.28. The average molecular weight is 364 g/mol. The Kier molecular flexibility index (Phi) is 3.59. The van der Waals surface area contributed by atoms with Gasteiger partial charge in [0.15, 0.2) is 0 Å². The summed E-state index contributed by atoms with van der Waals surface area (Å²) in [7, 11) is 0. The summed E-state index contributed by atoms with van der Waals surface area (Å²) in [5, 5.41) is 0.676. The highest BCUT2D eigenvalue weighted by molar-refractivity contribution is 9.10. The summed E-state index contributed by atoms with van der Waals surface area (Å²) in [5.41, 5.74) is 3.86. The van der Waals surface area contributed by atoms with Gasteiger partial charge in [0.1, 0.15) is 5.65 Å². The first-order valence-corrected chi connectivity index (χ1v) is 7.59. The average Bonchev–Trinajstić information content (AvgIpc) is 2.46. The Balaban J connectivity index is 2.42. The molecule has 0 aliphatic heterocycles. The van der Waals surface area contributed by atoms with Crippen LogP contribution in [0.25, 0.3) is 16.8 Å². The first kappa shape index (κ1) is 14.3. The topological polar surface area (TPSA) is 34.4 Å². The molecule has 2 heterocycles. The Labute approximate surface area is 135 Å². The maximum Gasteiger partial charge on any atom is 0.261 e. The third kappa shape index (κ3) is 2.49. The van der Waals surface area contributed by atoms with Crippen molar-refractivity contribution in [1.82, 2.24) is 9.38 Å². The van der Waals surface area contributed by atoms with Gasteiger partial charge < -0.3 is 0 Å². The van der Waals surface area contributed by atoms with E-state index in [1.54, 1.807) is 17.5 Å². The number of aryl methyl sites for hydroxylation is 1. The number of hydrogen-bond donors (Lipinski definition) is 0. The smallest absolute Gasteiger partial charge is 0.261 e. The number of rotatable bonds is 1. The van der Waals surface area contributed by atoms with Crippen LogP contribution in [0, 0.1) is 13.8 Å². The molecule has 2 aromatic heterocycles. The molecule has 0 N–H and O–H groups in total. The third-order valence-corrected chi connectivity index (χ3v) is 4.20. The Morgan fingerprint density at radius 2 is 1.86 bits per heavy atom. The molecule has 5 heteroatoms. The van der Waals surface area contributed by atoms with Crippen LogP contribution in [0.15, 0.2) is 45.8 Å². The molecule has 106 valence electrons. The summed E-state index contributed by atoms with van der Waals surface area (Å²) in [6, 6.07) is 9.46. The second-order valence-corrected chi connectivity index (χ2v) is 6.25. The van der Waals surface area contributed by atoms with Crippen molar-refractivity contribution in [1.29, 1.82) is 0 Å². The van der Waals surface area contributed by atoms with Gasteiger partial charge in [0.2, 0.25) is 0 Å². The Bertz CT molecular complexity index is 901. The lowest BCUT2D eigenvalue weighted by atomic mass is 10.1. The van der Waals surface area contributed by atoms with Gasteiger partial charge in [-0.1, -0.05) is 23.7 Å². The number of nitrogens with zero attached hydrogens (tertiary/aromatic N) is 2. The van der Waals surface area contributed by atoms with Crippen LogP contribution in [0.5, 0.6) is 0 Å². The summed E-state index contributed by atoms with van der Waals surface area (Å²) in [5.74, 6) is 0. The van der Waals surface area contributed by atoms with Crippen LogP contribution in [0.1, 0.15) is 11.3 Å². The van der Waals surface area contributed by atoms with Crippen LogP contribution in [0.2, 0.25) is 5.02 Å². The van der Waals surface area contributed by atoms with Gasteiger partial charge in [0, 0.05) is 32.5 Å². The van der Waals surface area contributed by atoms with E-state index < -0.39 is 0 Å². The van der Waals surface area contributed by atoms with Gasteiger partial charge in [-0.3, -0.25) is 9.20 Å². The van der Waals surface area contributed by atoms with Crippen molar-refractivity contribution < 1.29 is 0 Å². The molecular weight excluding hydrogens is 352 g/mol. The van der Waals surface area contributed by atoms with E-state index in [0.717, 1.165) is 21.3 Å². The number of hydrogen-bond acceptors (Lipinski definition) is 2. The Hall–Kier alpha value is -1.65. The van der Waals surface area contributed by atoms with Crippen molar-refractivity contribution in [3.63, 3.8) is 0 Å². The molecule has 3 nitrogen and oxygen atoms in total. The summed E-state index contributed by atoms with van der Waals surface area (Å²) < 4.78 is 2.41. The van der Waals surface area contributed by atoms with Crippen LogP contribution in [-0.4, -0.2) is 9.38 Å². The molecule has 0 atom stereocenters. The molecule has 3 rings (SSSR count). The predicted octanol–water partition coefficient (Wildman–Crippen LogP) is 4.39. The lowest BCUT2D eigenvalue weighted by Gasteiger charge is -2.11. The Morgan fingerprint density at radius 1 is 1.19 bits per heavy atom. The molecule has 0 spiro atoms. The summed E-state index contributed by atoms with van der Waals surface area (Å²) in [6.45, 7) is 3.64. The van der Waals surface area contributed by atoms with Crippen molar-refractivity contribution >= 4 is 33.2 Å². The standard InChI is InChI=1S/C16H12BrClN2O/c1-9-10(2)19-15-14(11-3-5-13(18)6-4-11)7-12(17)8-20(15)16(9)21/h3-8H,1-2H3. The maximum absolute atomic E-state index is 12.4. The molecule has 0 amide bonds. The maximum atomic E-state index is 12.4. The van der Waals surface area contributed by atoms with E-state index in [0.29, 0.717) is 16.2 Å². The zero-order chi connectivity index (χ0) is 15.1. The van der Waals surface area contributed by atoms with Gasteiger partial charge in [-0.15, -0.1) is 0 Å². The molecule has 0 fully saturated rings. The summed E-state index contributed by atoms with van der Waals surface area (Å²) in [4.78, 5) is 17.0. The van der Waals surface area contributed by atoms with Crippen molar-refractivity contribution in [2.45, 2.75) is 13.8 Å². The van der Waals surface area contributed by atoms with Crippen LogP contribution < -0.4 is 5.56 Å². The van der Waals surface area contributed by atoms with Crippen molar-refractivity contribution in [3.05, 3.63) is 67.6 Å². The molecule has 0 unspecified atom stereocenters. The molecule has 1 aromatic carbocycles. The van der Waals surface area contributed by atoms with Gasteiger partial charge in [-0.05, 0) is 53.5 Å². The zero-order valence-corrected chi connectivity index (χ0v) is 13.9. The fourth-order valence-corrected chi connectivity index (χ4v) is 2.80. The minimum Gasteiger partial charge on any atom is -0.269 e. The van der Waals surface area contributed by atoms with Crippen molar-refractivity contribution in [2.24, 2.45) is 0 Å². The minimum atomic E-state index is -0.0472. The largest absolute Gasteiger partial charge is 0.269 e. The highest BCUT2D eigenvalue weighted by Crippen LogP contribution is 2.27. The zero-order valence-electron chi connectivity index (χ0n) is 11.5. The molecular formula is C16H12BrClN2O. The van der Waals surface area contributed by atoms with E-state index >= 15 is 0 Å². The summed E-state index contributed by atoms with van der Waals surface area (Å²) in [6.07, 6.45) is 1.75. The highest BCUT2D eigenvalue weighted by Gasteiger charge is 2.12. The number of pyridine rings is 1. The first-order valence-electron chi connectivity index (χ1n) is 6.42. The number of halogens is 2. The van der Waals surface area contributed by atoms with Crippen LogP contribution in [-0.2, 0) is 0 Å². The van der Waals surface area contributed by atoms with Gasteiger partial charge in [-0.2, -0.15) is 0 Å². The van der Waals surface area contributed by atoms with E-state index in [1.165, 1.54) is 0 Å². The summed E-state index contributed by atoms with van der Waals surface area (Å²) >= 11 is 9.40. The fraction of sp³-hybridized carbons (Fsp3) is 0.125. The molecule has 0 aliphatic carbocycles. The lowest BCUT2D eigenvalue weighted by Crippen LogP contribution is -2.19. The van der Waals surface area contributed by atoms with E-state index in [9.17, 15) is 4.79 Å². The van der Waals surface area contributed by atoms with Gasteiger partial charge >= 0.3 is 0 Å². The molecule has 0 aliphatic rings. The van der Waals surface area contributed by atoms with E-state index in [1.807, 2.05) is 37.3 Å². The first-order chi connectivity index (χ1) is 9.97. The van der Waals surface area contributed by atoms with E-state index in [-0.39, 0.29) is 5.56 Å². The quantitative estimate of drug-likeness (QED) is 0.642. The Morgan fingerprint density at radius 3 is 2.52 bits per heavy atom. The van der Waals surface area contributed by atoms with E-state index in [4.69, 9.17) is 11.6 Å². The number of aromatic nitrogens is 2. The molecule has 3 aromatic rings. The van der Waals surface area contributed by atoms with Crippen molar-refractivity contribution in [3.8, 4) is 11.1 Å². The molecule has 0 bridgehead atoms.